The maximum absolute atomic E-state index is 10.7. The van der Waals surface area contributed by atoms with Crippen LogP contribution < -0.4 is 0 Å². The number of hydrogen-bond donors (Lipinski definition) is 0. The fraction of sp³-hybridized carbons (Fsp3) is 0. The second-order valence-corrected chi connectivity index (χ2v) is 10.1. The summed E-state index contributed by atoms with van der Waals surface area (Å²) in [6.07, 6.45) is 0. The molecule has 0 nitrogen and oxygen atoms in total. The Morgan fingerprint density at radius 1 is 0.536 bits per heavy atom. The number of hydrogen-bond acceptors (Lipinski definition) is 0. The molecule has 0 spiro atoms. The topological polar surface area (TPSA) is 0 Å². The van der Waals surface area contributed by atoms with Gasteiger partial charge in [-0.3, -0.25) is 0 Å². The molecule has 0 aliphatic heterocycles. The van der Waals surface area contributed by atoms with E-state index in [1.54, 1.807) is 0 Å². The van der Waals surface area contributed by atoms with Gasteiger partial charge in [-0.15, -0.1) is 0 Å². The molecule has 0 atom stereocenters. The van der Waals surface area contributed by atoms with Gasteiger partial charge in [0, 0.05) is 0 Å². The minimum absolute atomic E-state index is 0.302. The van der Waals surface area contributed by atoms with Crippen LogP contribution in [0.5, 0.6) is 0 Å². The van der Waals surface area contributed by atoms with Gasteiger partial charge in [-0.2, -0.15) is 0 Å². The molecule has 0 unspecified atom stereocenters. The molecule has 0 N–H and O–H groups in total. The summed E-state index contributed by atoms with van der Waals surface area (Å²) in [5, 5.41) is 1.54. The molecule has 0 saturated carbocycles. The van der Waals surface area contributed by atoms with Crippen LogP contribution in [0.1, 0.15) is 0 Å². The molecule has 10 heteroatoms. The average molecular weight is 477 g/mol. The Balaban J connectivity index is 0.000000345. The van der Waals surface area contributed by atoms with Gasteiger partial charge in [-0.05, 0) is 36.4 Å². The van der Waals surface area contributed by atoms with E-state index in [1.807, 2.05) is 54.6 Å². The molecule has 0 fully saturated rings. The molecule has 0 heterocycles. The van der Waals surface area contributed by atoms with Gasteiger partial charge in [-0.25, -0.2) is 0 Å². The van der Waals surface area contributed by atoms with Crippen LogP contribution in [0.25, 0.3) is 0 Å². The maximum atomic E-state index is 9.87. The molecule has 0 aliphatic rings. The van der Waals surface area contributed by atoms with Crippen LogP contribution in [0.15, 0.2) is 93.5 Å². The zero-order chi connectivity index (χ0) is 21.1. The van der Waals surface area contributed by atoms with E-state index in [4.69, 9.17) is 23.2 Å². The molecule has 0 saturated heterocycles. The first kappa shape index (κ1) is 22.9. The Kier molecular flexibility index (Phi) is 6.37. The van der Waals surface area contributed by atoms with E-state index in [1.165, 1.54) is 4.90 Å². The Morgan fingerprint density at radius 2 is 0.857 bits per heavy atom. The average Bonchev–Trinajstić information content (AvgIpc) is 2.57. The zero-order valence-corrected chi connectivity index (χ0v) is 17.1. The fourth-order valence-corrected chi connectivity index (χ4v) is 5.01. The van der Waals surface area contributed by atoms with Crippen LogP contribution in [0.2, 0.25) is 10.0 Å². The summed E-state index contributed by atoms with van der Waals surface area (Å²) >= 11 is 12.9. The van der Waals surface area contributed by atoms with Crippen molar-refractivity contribution in [2.24, 2.45) is 0 Å². The summed E-state index contributed by atoms with van der Waals surface area (Å²) in [5.74, 6) is 0. The van der Waals surface area contributed by atoms with Crippen LogP contribution in [-0.2, 0) is 10.9 Å². The van der Waals surface area contributed by atoms with Crippen molar-refractivity contribution in [3.63, 3.8) is 0 Å². The van der Waals surface area contributed by atoms with Crippen LogP contribution >= 0.6 is 31.0 Å². The quantitative estimate of drug-likeness (QED) is 0.200. The molecule has 3 aromatic carbocycles. The van der Waals surface area contributed by atoms with Gasteiger partial charge in [0.2, 0.25) is 0 Å². The van der Waals surface area contributed by atoms with Crippen molar-refractivity contribution in [2.75, 3.05) is 0 Å². The predicted molar refractivity (Wildman–Crippen MR) is 105 cm³/mol. The van der Waals surface area contributed by atoms with Crippen molar-refractivity contribution >= 4 is 41.9 Å². The van der Waals surface area contributed by atoms with Gasteiger partial charge in [0.15, 0.2) is 14.7 Å². The second-order valence-electron chi connectivity index (χ2n) is 5.44. The van der Waals surface area contributed by atoms with E-state index in [-0.39, 0.29) is 10.9 Å². The van der Waals surface area contributed by atoms with Gasteiger partial charge in [-0.1, -0.05) is 65.7 Å². The standard InChI is InChI=1S/C18H13Cl2S.F6P/c19-15-10-4-6-12-17(15)21(14-8-2-1-3-9-14)18-13-7-5-11-16(18)20;1-7(2,3,4,5)6/h1-13H;/q+1;-1. The van der Waals surface area contributed by atoms with Gasteiger partial charge in [0.1, 0.15) is 10.9 Å². The molecule has 152 valence electrons. The van der Waals surface area contributed by atoms with Gasteiger partial charge < -0.3 is 0 Å². The molecule has 0 radical (unpaired) electrons. The summed E-state index contributed by atoms with van der Waals surface area (Å²) < 4.78 is 59.2. The van der Waals surface area contributed by atoms with E-state index in [2.05, 4.69) is 24.3 Å². The van der Waals surface area contributed by atoms with Crippen molar-refractivity contribution in [3.05, 3.63) is 88.9 Å². The first-order valence-electron chi connectivity index (χ1n) is 7.57. The number of halogens is 8. The van der Waals surface area contributed by atoms with E-state index in [0.29, 0.717) is 0 Å². The summed E-state index contributed by atoms with van der Waals surface area (Å²) in [6.45, 7) is 0. The molecular weight excluding hydrogens is 464 g/mol. The first-order valence-corrected chi connectivity index (χ1v) is 11.6. The van der Waals surface area contributed by atoms with E-state index < -0.39 is 7.81 Å². The monoisotopic (exact) mass is 476 g/mol. The Morgan fingerprint density at radius 3 is 1.21 bits per heavy atom. The van der Waals surface area contributed by atoms with Crippen molar-refractivity contribution in [2.45, 2.75) is 14.7 Å². The Bertz CT molecular complexity index is 892. The summed E-state index contributed by atoms with van der Waals surface area (Å²) in [6, 6.07) is 26.3. The summed E-state index contributed by atoms with van der Waals surface area (Å²) in [5.41, 5.74) is 0. The SMILES string of the molecule is Clc1ccccc1[S+](c1ccccc1)c1ccccc1Cl.F[P-](F)(F)(F)(F)F. The Labute approximate surface area is 170 Å². The number of rotatable bonds is 3. The third kappa shape index (κ3) is 8.31. The van der Waals surface area contributed by atoms with Crippen molar-refractivity contribution < 1.29 is 25.2 Å². The van der Waals surface area contributed by atoms with E-state index >= 15 is 0 Å². The van der Waals surface area contributed by atoms with Crippen molar-refractivity contribution in [3.8, 4) is 0 Å². The van der Waals surface area contributed by atoms with E-state index in [0.717, 1.165) is 19.8 Å². The number of benzene rings is 3. The fourth-order valence-electron chi connectivity index (χ4n) is 2.15. The first-order chi connectivity index (χ1) is 12.7. The summed E-state index contributed by atoms with van der Waals surface area (Å²) in [4.78, 5) is 3.40. The molecule has 3 aromatic rings. The van der Waals surface area contributed by atoms with Crippen molar-refractivity contribution in [1.82, 2.24) is 0 Å². The third-order valence-electron chi connectivity index (χ3n) is 3.09. The van der Waals surface area contributed by atoms with Crippen molar-refractivity contribution in [1.29, 1.82) is 0 Å². The normalized spacial score (nSPS) is 13.9. The zero-order valence-electron chi connectivity index (χ0n) is 13.9. The summed E-state index contributed by atoms with van der Waals surface area (Å²) in [7, 11) is -11.0. The molecule has 3 rings (SSSR count). The van der Waals surface area contributed by atoms with E-state index in [9.17, 15) is 25.2 Å². The molecule has 0 bridgehead atoms. The molecule has 0 amide bonds. The second kappa shape index (κ2) is 7.79. The molecule has 28 heavy (non-hydrogen) atoms. The van der Waals surface area contributed by atoms with Gasteiger partial charge in [0.05, 0.1) is 10.0 Å². The van der Waals surface area contributed by atoms with Gasteiger partial charge in [0.25, 0.3) is 0 Å². The van der Waals surface area contributed by atoms with Crippen LogP contribution in [0.4, 0.5) is 25.2 Å². The van der Waals surface area contributed by atoms with Crippen LogP contribution in [0, 0.1) is 0 Å². The molecule has 0 aliphatic carbocycles. The minimum atomic E-state index is -10.7. The van der Waals surface area contributed by atoms with Crippen LogP contribution in [-0.4, -0.2) is 0 Å². The molecule has 0 aromatic heterocycles. The van der Waals surface area contributed by atoms with Crippen LogP contribution in [0.3, 0.4) is 0 Å². The predicted octanol–water partition coefficient (Wildman–Crippen LogP) is 9.47. The molecular formula is C18H13Cl2F6PS. The third-order valence-corrected chi connectivity index (χ3v) is 6.31. The Hall–Kier alpha value is -1.40. The van der Waals surface area contributed by atoms with Gasteiger partial charge >= 0.3 is 33.0 Å².